The molecule has 1 aliphatic heterocycles. The van der Waals surface area contributed by atoms with Crippen molar-refractivity contribution in [2.24, 2.45) is 16.8 Å². The lowest BCUT2D eigenvalue weighted by atomic mass is 9.73. The Kier molecular flexibility index (Phi) is 3.97. The molecule has 1 saturated carbocycles. The van der Waals surface area contributed by atoms with E-state index in [0.29, 0.717) is 17.0 Å². The van der Waals surface area contributed by atoms with Gasteiger partial charge in [0.1, 0.15) is 11.0 Å². The molecule has 0 saturated heterocycles. The SMILES string of the molecule is N#CC1C(C2CCCCCC2)=Nc2[nH]ncc2C1c1cccc2nonc12. The molecule has 3 aromatic rings. The summed E-state index contributed by atoms with van der Waals surface area (Å²) in [6.45, 7) is 0. The minimum absolute atomic E-state index is 0.171. The highest BCUT2D eigenvalue weighted by atomic mass is 16.6. The number of nitrogens with zero attached hydrogens (tertiary/aromatic N) is 5. The fourth-order valence-corrected chi connectivity index (χ4v) is 4.64. The summed E-state index contributed by atoms with van der Waals surface area (Å²) < 4.78 is 4.96. The number of aromatic amines is 1. The molecular weight excluding hydrogens is 340 g/mol. The molecule has 136 valence electrons. The summed E-state index contributed by atoms with van der Waals surface area (Å²) in [5.74, 6) is 0.612. The van der Waals surface area contributed by atoms with E-state index in [4.69, 9.17) is 9.62 Å². The molecule has 0 spiro atoms. The summed E-state index contributed by atoms with van der Waals surface area (Å²) in [5.41, 5.74) is 4.29. The van der Waals surface area contributed by atoms with Gasteiger partial charge in [-0.15, -0.1) is 0 Å². The van der Waals surface area contributed by atoms with Crippen LogP contribution in [0.15, 0.2) is 34.0 Å². The summed E-state index contributed by atoms with van der Waals surface area (Å²) in [4.78, 5) is 4.88. The number of rotatable bonds is 2. The maximum absolute atomic E-state index is 10.2. The van der Waals surface area contributed by atoms with Crippen molar-refractivity contribution >= 4 is 22.6 Å². The maximum atomic E-state index is 10.2. The molecule has 2 atom stereocenters. The molecule has 0 bridgehead atoms. The second-order valence-electron chi connectivity index (χ2n) is 7.46. The van der Waals surface area contributed by atoms with Gasteiger partial charge in [-0.2, -0.15) is 10.4 Å². The van der Waals surface area contributed by atoms with Crippen molar-refractivity contribution in [1.82, 2.24) is 20.5 Å². The number of fused-ring (bicyclic) bond motifs is 2. The highest BCUT2D eigenvalue weighted by molar-refractivity contribution is 5.97. The van der Waals surface area contributed by atoms with E-state index >= 15 is 0 Å². The van der Waals surface area contributed by atoms with E-state index in [2.05, 4.69) is 26.6 Å². The Morgan fingerprint density at radius 2 is 1.93 bits per heavy atom. The third kappa shape index (κ3) is 2.64. The first-order valence-electron chi connectivity index (χ1n) is 9.59. The zero-order valence-electron chi connectivity index (χ0n) is 14.9. The molecule has 7 heteroatoms. The van der Waals surface area contributed by atoms with Gasteiger partial charge in [0.05, 0.1) is 18.2 Å². The Hall–Kier alpha value is -3.01. The van der Waals surface area contributed by atoms with E-state index in [9.17, 15) is 5.26 Å². The van der Waals surface area contributed by atoms with Crippen LogP contribution in [0.4, 0.5) is 5.82 Å². The maximum Gasteiger partial charge on any atom is 0.151 e. The predicted octanol–water partition coefficient (Wildman–Crippen LogP) is 4.27. The molecule has 7 nitrogen and oxygen atoms in total. The van der Waals surface area contributed by atoms with Crippen LogP contribution in [-0.4, -0.2) is 26.2 Å². The zero-order chi connectivity index (χ0) is 18.2. The standard InChI is InChI=1S/C20H20N6O/c21-10-14-17(13-8-5-9-16-19(13)26-27-25-16)15-11-22-24-20(15)23-18(14)12-6-3-1-2-4-7-12/h5,8-9,11-12,14,17H,1-4,6-7H2,(H,22,24). The van der Waals surface area contributed by atoms with Crippen molar-refractivity contribution in [3.05, 3.63) is 35.5 Å². The van der Waals surface area contributed by atoms with Gasteiger partial charge in [0, 0.05) is 17.2 Å². The Labute approximate surface area is 156 Å². The number of hydrogen-bond acceptors (Lipinski definition) is 6. The van der Waals surface area contributed by atoms with Gasteiger partial charge in [-0.05, 0) is 40.7 Å². The summed E-state index contributed by atoms with van der Waals surface area (Å²) in [7, 11) is 0. The second-order valence-corrected chi connectivity index (χ2v) is 7.46. The lowest BCUT2D eigenvalue weighted by molar-refractivity contribution is 0.315. The fourth-order valence-electron chi connectivity index (χ4n) is 4.64. The average molecular weight is 360 g/mol. The molecule has 1 aromatic carbocycles. The van der Waals surface area contributed by atoms with E-state index in [0.717, 1.165) is 35.5 Å². The molecule has 0 radical (unpaired) electrons. The largest absolute Gasteiger partial charge is 0.261 e. The molecule has 0 amide bonds. The lowest BCUT2D eigenvalue weighted by Crippen LogP contribution is -2.31. The predicted molar refractivity (Wildman–Crippen MR) is 99.6 cm³/mol. The van der Waals surface area contributed by atoms with Gasteiger partial charge in [0.2, 0.25) is 0 Å². The van der Waals surface area contributed by atoms with Gasteiger partial charge in [0.25, 0.3) is 0 Å². The van der Waals surface area contributed by atoms with Crippen molar-refractivity contribution in [2.75, 3.05) is 0 Å². The summed E-state index contributed by atoms with van der Waals surface area (Å²) in [5, 5.41) is 25.5. The van der Waals surface area contributed by atoms with Gasteiger partial charge < -0.3 is 0 Å². The van der Waals surface area contributed by atoms with Gasteiger partial charge in [0.15, 0.2) is 5.82 Å². The first kappa shape index (κ1) is 16.2. The van der Waals surface area contributed by atoms with E-state index in [-0.39, 0.29) is 11.8 Å². The van der Waals surface area contributed by atoms with Crippen molar-refractivity contribution in [3.63, 3.8) is 0 Å². The summed E-state index contributed by atoms with van der Waals surface area (Å²) in [6, 6.07) is 8.37. The minimum Gasteiger partial charge on any atom is -0.261 e. The number of aliphatic imine (C=N–C) groups is 1. The van der Waals surface area contributed by atoms with Gasteiger partial charge in [-0.25, -0.2) is 9.62 Å². The molecule has 1 aliphatic carbocycles. The molecule has 2 aromatic heterocycles. The van der Waals surface area contributed by atoms with Crippen LogP contribution < -0.4 is 0 Å². The number of benzene rings is 1. The van der Waals surface area contributed by atoms with E-state index in [1.807, 2.05) is 18.2 Å². The third-order valence-electron chi connectivity index (χ3n) is 5.94. The molecule has 2 unspecified atom stereocenters. The highest BCUT2D eigenvalue weighted by Gasteiger charge is 2.40. The summed E-state index contributed by atoms with van der Waals surface area (Å²) in [6.07, 6.45) is 8.92. The highest BCUT2D eigenvalue weighted by Crippen LogP contribution is 2.45. The molecule has 1 N–H and O–H groups in total. The summed E-state index contributed by atoms with van der Waals surface area (Å²) >= 11 is 0. The van der Waals surface area contributed by atoms with Crippen LogP contribution in [0.1, 0.15) is 55.6 Å². The van der Waals surface area contributed by atoms with Crippen molar-refractivity contribution < 1.29 is 4.63 Å². The van der Waals surface area contributed by atoms with Crippen LogP contribution in [0.3, 0.4) is 0 Å². The molecule has 27 heavy (non-hydrogen) atoms. The van der Waals surface area contributed by atoms with Crippen molar-refractivity contribution in [1.29, 1.82) is 5.26 Å². The van der Waals surface area contributed by atoms with E-state index in [1.165, 1.54) is 25.7 Å². The normalized spacial score (nSPS) is 23.4. The molecule has 1 fully saturated rings. The van der Waals surface area contributed by atoms with E-state index in [1.54, 1.807) is 6.20 Å². The number of nitriles is 1. The smallest absolute Gasteiger partial charge is 0.151 e. The molecule has 5 rings (SSSR count). The molecular formula is C20H20N6O. The lowest BCUT2D eigenvalue weighted by Gasteiger charge is -2.31. The molecule has 2 aliphatic rings. The van der Waals surface area contributed by atoms with Crippen LogP contribution in [0.25, 0.3) is 11.0 Å². The van der Waals surface area contributed by atoms with Crippen molar-refractivity contribution in [2.45, 2.75) is 44.4 Å². The Balaban J connectivity index is 1.66. The Morgan fingerprint density at radius 3 is 2.74 bits per heavy atom. The monoisotopic (exact) mass is 360 g/mol. The number of nitrogens with one attached hydrogen (secondary N) is 1. The number of aromatic nitrogens is 4. The van der Waals surface area contributed by atoms with Crippen LogP contribution >= 0.6 is 0 Å². The number of H-pyrrole nitrogens is 1. The topological polar surface area (TPSA) is 104 Å². The van der Waals surface area contributed by atoms with Gasteiger partial charge >= 0.3 is 0 Å². The van der Waals surface area contributed by atoms with Crippen LogP contribution in [0.5, 0.6) is 0 Å². The zero-order valence-corrected chi connectivity index (χ0v) is 14.9. The second kappa shape index (κ2) is 6.62. The molecule has 3 heterocycles. The van der Waals surface area contributed by atoms with Crippen LogP contribution in [0.2, 0.25) is 0 Å². The van der Waals surface area contributed by atoms with E-state index < -0.39 is 0 Å². The number of hydrogen-bond donors (Lipinski definition) is 1. The van der Waals surface area contributed by atoms with Crippen LogP contribution in [0, 0.1) is 23.2 Å². The first-order valence-corrected chi connectivity index (χ1v) is 9.59. The fraction of sp³-hybridized carbons (Fsp3) is 0.450. The average Bonchev–Trinajstić information content (AvgIpc) is 3.29. The van der Waals surface area contributed by atoms with Gasteiger partial charge in [-0.3, -0.25) is 5.10 Å². The Bertz CT molecular complexity index is 1030. The van der Waals surface area contributed by atoms with Crippen LogP contribution in [-0.2, 0) is 0 Å². The Morgan fingerprint density at radius 1 is 1.07 bits per heavy atom. The van der Waals surface area contributed by atoms with Crippen molar-refractivity contribution in [3.8, 4) is 6.07 Å². The quantitative estimate of drug-likeness (QED) is 0.687. The minimum atomic E-state index is -0.333. The third-order valence-corrected chi connectivity index (χ3v) is 5.94. The van der Waals surface area contributed by atoms with Gasteiger partial charge in [-0.1, -0.05) is 37.8 Å². The first-order chi connectivity index (χ1) is 13.4.